The Morgan fingerprint density at radius 3 is 2.76 bits per heavy atom. The van der Waals surface area contributed by atoms with Crippen molar-refractivity contribution >= 4 is 11.7 Å². The van der Waals surface area contributed by atoms with Crippen molar-refractivity contribution in [2.24, 2.45) is 7.05 Å². The van der Waals surface area contributed by atoms with Gasteiger partial charge in [0, 0.05) is 58.1 Å². The van der Waals surface area contributed by atoms with Gasteiger partial charge in [0.2, 0.25) is 5.91 Å². The molecule has 0 unspecified atom stereocenters. The monoisotopic (exact) mass is 341 g/mol. The summed E-state index contributed by atoms with van der Waals surface area (Å²) in [4.78, 5) is 21.0. The first-order valence-corrected chi connectivity index (χ1v) is 8.96. The molecule has 6 nitrogen and oxygen atoms in total. The van der Waals surface area contributed by atoms with Crippen molar-refractivity contribution in [1.82, 2.24) is 19.7 Å². The van der Waals surface area contributed by atoms with Crippen LogP contribution in [-0.4, -0.2) is 45.7 Å². The fourth-order valence-corrected chi connectivity index (χ4v) is 3.32. The number of pyridine rings is 1. The Bertz CT molecular complexity index is 733. The van der Waals surface area contributed by atoms with Gasteiger partial charge in [0.25, 0.3) is 0 Å². The number of carbonyl (C=O) groups excluding carboxylic acids is 1. The van der Waals surface area contributed by atoms with Crippen LogP contribution in [0.4, 0.5) is 5.82 Å². The Kier molecular flexibility index (Phi) is 5.36. The lowest BCUT2D eigenvalue weighted by atomic mass is 10.1. The maximum Gasteiger partial charge on any atom is 0.222 e. The number of amides is 1. The molecule has 2 aromatic rings. The molecule has 0 radical (unpaired) electrons. The minimum absolute atomic E-state index is 0.155. The van der Waals surface area contributed by atoms with Crippen LogP contribution in [-0.2, 0) is 24.8 Å². The van der Waals surface area contributed by atoms with Crippen molar-refractivity contribution in [2.45, 2.75) is 39.2 Å². The number of aromatic nitrogens is 3. The number of carbonyl (C=O) groups is 1. The lowest BCUT2D eigenvalue weighted by molar-refractivity contribution is -0.130. The first kappa shape index (κ1) is 17.5. The molecule has 0 atom stereocenters. The van der Waals surface area contributed by atoms with Crippen LogP contribution >= 0.6 is 0 Å². The van der Waals surface area contributed by atoms with E-state index in [0.717, 1.165) is 36.6 Å². The van der Waals surface area contributed by atoms with Crippen molar-refractivity contribution in [2.75, 3.05) is 25.0 Å². The molecule has 0 aromatic carbocycles. The predicted octanol–water partition coefficient (Wildman–Crippen LogP) is 2.31. The fraction of sp³-hybridized carbons (Fsp3) is 0.526. The normalized spacial score (nSPS) is 14.1. The zero-order chi connectivity index (χ0) is 17.8. The summed E-state index contributed by atoms with van der Waals surface area (Å²) in [7, 11) is 3.76. The van der Waals surface area contributed by atoms with E-state index in [1.165, 1.54) is 18.4 Å². The quantitative estimate of drug-likeness (QED) is 0.809. The molecular weight excluding hydrogens is 314 g/mol. The molecule has 0 N–H and O–H groups in total. The summed E-state index contributed by atoms with van der Waals surface area (Å²) >= 11 is 0. The second-order valence-corrected chi connectivity index (χ2v) is 6.88. The second kappa shape index (κ2) is 7.68. The zero-order valence-electron chi connectivity index (χ0n) is 15.4. The fourth-order valence-electron chi connectivity index (χ4n) is 3.32. The largest absolute Gasteiger partial charge is 0.357 e. The molecule has 0 aliphatic carbocycles. The predicted molar refractivity (Wildman–Crippen MR) is 98.4 cm³/mol. The van der Waals surface area contributed by atoms with Crippen molar-refractivity contribution in [3.63, 3.8) is 0 Å². The third kappa shape index (κ3) is 4.38. The van der Waals surface area contributed by atoms with Gasteiger partial charge in [-0.3, -0.25) is 9.48 Å². The van der Waals surface area contributed by atoms with E-state index < -0.39 is 0 Å². The Morgan fingerprint density at radius 1 is 1.32 bits per heavy atom. The highest BCUT2D eigenvalue weighted by Gasteiger charge is 2.15. The van der Waals surface area contributed by atoms with Gasteiger partial charge in [-0.2, -0.15) is 5.10 Å². The summed E-state index contributed by atoms with van der Waals surface area (Å²) < 4.78 is 1.79. The molecule has 0 spiro atoms. The van der Waals surface area contributed by atoms with Gasteiger partial charge >= 0.3 is 0 Å². The lowest BCUT2D eigenvalue weighted by Gasteiger charge is -2.18. The maximum atomic E-state index is 12.5. The van der Waals surface area contributed by atoms with E-state index in [1.807, 2.05) is 39.5 Å². The smallest absolute Gasteiger partial charge is 0.222 e. The van der Waals surface area contributed by atoms with E-state index in [4.69, 9.17) is 0 Å². The molecule has 0 bridgehead atoms. The van der Waals surface area contributed by atoms with Crippen molar-refractivity contribution in [3.05, 3.63) is 41.3 Å². The number of aryl methyl sites for hydroxylation is 3. The molecular formula is C19H27N5O. The van der Waals surface area contributed by atoms with Gasteiger partial charge in [0.15, 0.2) is 0 Å². The standard InChI is InChI=1S/C19H27N5O/c1-15-17(14-23(3)21-15)13-22(2)19(25)7-6-16-8-9-20-18(12-16)24-10-4-5-11-24/h8-9,12,14H,4-7,10-11,13H2,1-3H3. The number of nitrogens with zero attached hydrogens (tertiary/aromatic N) is 5. The lowest BCUT2D eigenvalue weighted by Crippen LogP contribution is -2.26. The molecule has 0 saturated carbocycles. The highest BCUT2D eigenvalue weighted by molar-refractivity contribution is 5.76. The van der Waals surface area contributed by atoms with Gasteiger partial charge in [0.1, 0.15) is 5.82 Å². The average molecular weight is 341 g/mol. The Hall–Kier alpha value is -2.37. The molecule has 1 fully saturated rings. The zero-order valence-corrected chi connectivity index (χ0v) is 15.4. The third-order valence-corrected chi connectivity index (χ3v) is 4.82. The van der Waals surface area contributed by atoms with Gasteiger partial charge in [-0.05, 0) is 43.9 Å². The van der Waals surface area contributed by atoms with E-state index in [1.54, 1.807) is 9.58 Å². The van der Waals surface area contributed by atoms with Gasteiger partial charge in [-0.1, -0.05) is 0 Å². The van der Waals surface area contributed by atoms with Crippen LogP contribution in [0.15, 0.2) is 24.5 Å². The van der Waals surface area contributed by atoms with Crippen LogP contribution in [0, 0.1) is 6.92 Å². The van der Waals surface area contributed by atoms with Crippen LogP contribution in [0.25, 0.3) is 0 Å². The van der Waals surface area contributed by atoms with Crippen molar-refractivity contribution < 1.29 is 4.79 Å². The first-order chi connectivity index (χ1) is 12.0. The summed E-state index contributed by atoms with van der Waals surface area (Å²) in [5.41, 5.74) is 3.25. The summed E-state index contributed by atoms with van der Waals surface area (Å²) in [6, 6.07) is 4.14. The minimum atomic E-state index is 0.155. The minimum Gasteiger partial charge on any atom is -0.357 e. The van der Waals surface area contributed by atoms with E-state index in [2.05, 4.69) is 21.0 Å². The molecule has 1 aliphatic heterocycles. The van der Waals surface area contributed by atoms with Gasteiger partial charge in [0.05, 0.1) is 5.69 Å². The third-order valence-electron chi connectivity index (χ3n) is 4.82. The summed E-state index contributed by atoms with van der Waals surface area (Å²) in [5.74, 6) is 1.20. The van der Waals surface area contributed by atoms with Crippen LogP contribution in [0.3, 0.4) is 0 Å². The second-order valence-electron chi connectivity index (χ2n) is 6.88. The van der Waals surface area contributed by atoms with Crippen LogP contribution in [0.5, 0.6) is 0 Å². The van der Waals surface area contributed by atoms with E-state index >= 15 is 0 Å². The SMILES string of the molecule is Cc1nn(C)cc1CN(C)C(=O)CCc1ccnc(N2CCCC2)c1. The molecule has 3 rings (SSSR count). The molecule has 3 heterocycles. The van der Waals surface area contributed by atoms with Crippen molar-refractivity contribution in [3.8, 4) is 0 Å². The maximum absolute atomic E-state index is 12.5. The molecule has 25 heavy (non-hydrogen) atoms. The molecule has 1 aliphatic rings. The Morgan fingerprint density at radius 2 is 2.08 bits per heavy atom. The number of hydrogen-bond acceptors (Lipinski definition) is 4. The Labute approximate surface area is 149 Å². The topological polar surface area (TPSA) is 54.3 Å². The molecule has 1 amide bonds. The molecule has 2 aromatic heterocycles. The molecule has 134 valence electrons. The molecule has 1 saturated heterocycles. The summed E-state index contributed by atoms with van der Waals surface area (Å²) in [5, 5.41) is 4.33. The van der Waals surface area contributed by atoms with Crippen LogP contribution in [0.2, 0.25) is 0 Å². The summed E-state index contributed by atoms with van der Waals surface area (Å²) in [6.07, 6.45) is 7.57. The Balaban J connectivity index is 1.54. The van der Waals surface area contributed by atoms with E-state index in [0.29, 0.717) is 13.0 Å². The van der Waals surface area contributed by atoms with Crippen LogP contribution in [0.1, 0.15) is 36.1 Å². The molecule has 6 heteroatoms. The first-order valence-electron chi connectivity index (χ1n) is 8.96. The average Bonchev–Trinajstić information content (AvgIpc) is 3.23. The van der Waals surface area contributed by atoms with E-state index in [-0.39, 0.29) is 5.91 Å². The highest BCUT2D eigenvalue weighted by Crippen LogP contribution is 2.19. The summed E-state index contributed by atoms with van der Waals surface area (Å²) in [6.45, 7) is 4.75. The highest BCUT2D eigenvalue weighted by atomic mass is 16.2. The number of rotatable bonds is 6. The van der Waals surface area contributed by atoms with Crippen LogP contribution < -0.4 is 4.90 Å². The number of hydrogen-bond donors (Lipinski definition) is 0. The van der Waals surface area contributed by atoms with Gasteiger partial charge < -0.3 is 9.80 Å². The van der Waals surface area contributed by atoms with Crippen molar-refractivity contribution in [1.29, 1.82) is 0 Å². The van der Waals surface area contributed by atoms with Gasteiger partial charge in [-0.15, -0.1) is 0 Å². The van der Waals surface area contributed by atoms with E-state index in [9.17, 15) is 4.79 Å². The van der Waals surface area contributed by atoms with Gasteiger partial charge in [-0.25, -0.2) is 4.98 Å². The number of anilines is 1.